The van der Waals surface area contributed by atoms with E-state index >= 15 is 0 Å². The first-order chi connectivity index (χ1) is 28.9. The van der Waals surface area contributed by atoms with Crippen LogP contribution in [0.2, 0.25) is 0 Å². The molecule has 4 aliphatic heterocycles. The van der Waals surface area contributed by atoms with Gasteiger partial charge in [0.05, 0.1) is 36.1 Å². The van der Waals surface area contributed by atoms with Gasteiger partial charge in [0.25, 0.3) is 0 Å². The number of amides is 2. The lowest BCUT2D eigenvalue weighted by molar-refractivity contribution is -0.140. The van der Waals surface area contributed by atoms with Crippen LogP contribution in [0.3, 0.4) is 0 Å². The molecule has 10 rings (SSSR count). The number of rotatable bonds is 12. The molecule has 2 aromatic carbocycles. The van der Waals surface area contributed by atoms with Gasteiger partial charge in [-0.2, -0.15) is 0 Å². The van der Waals surface area contributed by atoms with Crippen molar-refractivity contribution in [2.75, 3.05) is 39.3 Å². The number of carbonyl (C=O) groups is 2. The van der Waals surface area contributed by atoms with Gasteiger partial charge in [-0.1, -0.05) is 68.5 Å². The van der Waals surface area contributed by atoms with E-state index in [-0.39, 0.29) is 72.4 Å². The van der Waals surface area contributed by atoms with Crippen LogP contribution in [0.1, 0.15) is 118 Å². The maximum atomic E-state index is 13.7. The highest BCUT2D eigenvalue weighted by atomic mass is 35.5. The number of para-hydroxylation sites is 2. The van der Waals surface area contributed by atoms with E-state index in [0.717, 1.165) is 122 Å². The van der Waals surface area contributed by atoms with E-state index in [2.05, 4.69) is 78.9 Å². The van der Waals surface area contributed by atoms with Crippen LogP contribution in [0.15, 0.2) is 48.5 Å². The number of unbranched alkanes of at least 4 members (excludes halogenated alkanes) is 6. The third-order valence-electron chi connectivity index (χ3n) is 16.2. The molecule has 6 heterocycles. The summed E-state index contributed by atoms with van der Waals surface area (Å²) in [6, 6.07) is 17.8. The minimum Gasteiger partial charge on any atom is -0.392 e. The third kappa shape index (κ3) is 8.63. The normalized spacial score (nSPS) is 30.7. The second-order valence-electron chi connectivity index (χ2n) is 19.4. The van der Waals surface area contributed by atoms with Gasteiger partial charge in [-0.3, -0.25) is 19.4 Å². The maximum absolute atomic E-state index is 13.7. The molecule has 2 aliphatic carbocycles. The minimum atomic E-state index is -0.563. The molecule has 10 atom stereocenters. The van der Waals surface area contributed by atoms with Crippen LogP contribution >= 0.6 is 24.8 Å². The van der Waals surface area contributed by atoms with E-state index in [1.165, 1.54) is 44.3 Å². The van der Waals surface area contributed by atoms with E-state index in [1.807, 2.05) is 0 Å². The highest BCUT2D eigenvalue weighted by Crippen LogP contribution is 2.51. The van der Waals surface area contributed by atoms with Gasteiger partial charge >= 0.3 is 0 Å². The summed E-state index contributed by atoms with van der Waals surface area (Å²) in [5.41, 5.74) is 7.96. The number of aromatic nitrogens is 2. The first-order valence-electron chi connectivity index (χ1n) is 23.5. The van der Waals surface area contributed by atoms with Gasteiger partial charge in [0, 0.05) is 72.5 Å². The molecule has 2 amide bonds. The van der Waals surface area contributed by atoms with Gasteiger partial charge in [0.1, 0.15) is 0 Å². The van der Waals surface area contributed by atoms with Crippen LogP contribution < -0.4 is 10.6 Å². The molecule has 61 heavy (non-hydrogen) atoms. The number of H-pyrrole nitrogens is 2. The van der Waals surface area contributed by atoms with E-state index in [9.17, 15) is 19.8 Å². The maximum Gasteiger partial charge on any atom is 0.226 e. The fourth-order valence-electron chi connectivity index (χ4n) is 13.2. The molecule has 2 aromatic heterocycles. The van der Waals surface area contributed by atoms with Crippen molar-refractivity contribution in [3.05, 3.63) is 71.0 Å². The van der Waals surface area contributed by atoms with Crippen molar-refractivity contribution in [1.29, 1.82) is 0 Å². The van der Waals surface area contributed by atoms with Crippen LogP contribution in [0, 0.1) is 35.5 Å². The van der Waals surface area contributed by atoms with E-state index in [0.29, 0.717) is 24.9 Å². The second kappa shape index (κ2) is 19.3. The van der Waals surface area contributed by atoms with Crippen LogP contribution in [-0.4, -0.2) is 93.3 Å². The van der Waals surface area contributed by atoms with Gasteiger partial charge in [0.2, 0.25) is 11.8 Å². The molecular weight excluding hydrogens is 807 g/mol. The highest BCUT2D eigenvalue weighted by molar-refractivity contribution is 5.86. The summed E-state index contributed by atoms with van der Waals surface area (Å²) in [4.78, 5) is 40.1. The van der Waals surface area contributed by atoms with Gasteiger partial charge in [-0.15, -0.1) is 24.8 Å². The largest absolute Gasteiger partial charge is 0.392 e. The molecule has 0 spiro atoms. The van der Waals surface area contributed by atoms with Gasteiger partial charge < -0.3 is 30.8 Å². The number of hydrogen-bond donors (Lipinski definition) is 6. The fraction of sp³-hybridized carbons (Fsp3) is 0.633. The topological polar surface area (TPSA) is 137 Å². The number of carbonyl (C=O) groups excluding carboxylic acids is 2. The van der Waals surface area contributed by atoms with E-state index < -0.39 is 12.2 Å². The Labute approximate surface area is 373 Å². The number of benzene rings is 2. The molecule has 0 radical (unpaired) electrons. The number of piperidine rings is 2. The van der Waals surface area contributed by atoms with Crippen LogP contribution in [0.5, 0.6) is 0 Å². The summed E-state index contributed by atoms with van der Waals surface area (Å²) in [6.45, 7) is 5.51. The first kappa shape index (κ1) is 44.5. The van der Waals surface area contributed by atoms with Crippen molar-refractivity contribution in [2.24, 2.45) is 35.5 Å². The average Bonchev–Trinajstić information content (AvgIpc) is 3.83. The van der Waals surface area contributed by atoms with E-state index in [1.54, 1.807) is 0 Å². The molecule has 4 fully saturated rings. The van der Waals surface area contributed by atoms with Crippen molar-refractivity contribution < 1.29 is 19.8 Å². The SMILES string of the molecule is Cl.Cl.O=C(NCCCCCCCCCNC(=O)[C@@H]1[C@H]2C[C@H]3c4[nH]c5ccccc5c4CCN3C[C@@H]2CC[C@@H]1O)[C@@H]1[C@H]2C[C@H]3c4[nH]c5ccccc5c4CCN3C[C@@H]2CC[C@@H]1O. The van der Waals surface area contributed by atoms with Crippen LogP contribution in [-0.2, 0) is 22.4 Å². The molecular formula is C49H68Cl2N6O4. The zero-order valence-corrected chi connectivity index (χ0v) is 37.3. The standard InChI is InChI=1S/C49H66N6O4.2ClH/c56-42-18-16-30-28-54-24-20-34-32-12-6-8-14-38(32)52-46(34)40(54)26-36(30)44(42)48(58)50-22-10-4-2-1-3-5-11-23-51-49(59)45-37-27-41-47-35(33-13-7-9-15-39(33)53-47)21-25-55(41)29-31(37)17-19-43(45)57;;/h6-9,12-15,30-31,36-37,40-45,52-53,56-57H,1-5,10-11,16-29H2,(H,50,58)(H,51,59);2*1H/t30-,31-,36-,37-,40-,41-,42-,43-,44+,45+;;/m0../s1. The van der Waals surface area contributed by atoms with Crippen LogP contribution in [0.4, 0.5) is 0 Å². The molecule has 12 heteroatoms. The molecule has 6 aliphatic rings. The van der Waals surface area contributed by atoms with Crippen molar-refractivity contribution in [3.63, 3.8) is 0 Å². The Morgan fingerprint density at radius 2 is 1.00 bits per heavy atom. The molecule has 6 N–H and O–H groups in total. The number of fused-ring (bicyclic) bond motifs is 12. The lowest BCUT2D eigenvalue weighted by Crippen LogP contribution is -2.54. The Kier molecular flexibility index (Phi) is 14.1. The molecule has 2 saturated heterocycles. The quantitative estimate of drug-likeness (QED) is 0.0806. The lowest BCUT2D eigenvalue weighted by atomic mass is 9.64. The Morgan fingerprint density at radius 3 is 1.44 bits per heavy atom. The number of aliphatic hydroxyl groups excluding tert-OH is 2. The predicted octanol–water partition coefficient (Wildman–Crippen LogP) is 7.77. The number of aromatic amines is 2. The smallest absolute Gasteiger partial charge is 0.226 e. The molecule has 0 bridgehead atoms. The fourth-order valence-corrected chi connectivity index (χ4v) is 13.2. The van der Waals surface area contributed by atoms with Gasteiger partial charge in [0.15, 0.2) is 0 Å². The van der Waals surface area contributed by atoms with Crippen molar-refractivity contribution in [3.8, 4) is 0 Å². The van der Waals surface area contributed by atoms with E-state index in [4.69, 9.17) is 0 Å². The lowest BCUT2D eigenvalue weighted by Gasteiger charge is -2.51. The molecule has 10 nitrogen and oxygen atoms in total. The number of hydrogen-bond acceptors (Lipinski definition) is 6. The predicted molar refractivity (Wildman–Crippen MR) is 246 cm³/mol. The third-order valence-corrected chi connectivity index (χ3v) is 16.2. The number of aliphatic hydroxyl groups is 2. The zero-order chi connectivity index (χ0) is 40.0. The second-order valence-corrected chi connectivity index (χ2v) is 19.4. The monoisotopic (exact) mass is 874 g/mol. The summed E-state index contributed by atoms with van der Waals surface area (Å²) < 4.78 is 0. The average molecular weight is 876 g/mol. The Morgan fingerprint density at radius 1 is 0.590 bits per heavy atom. The zero-order valence-electron chi connectivity index (χ0n) is 35.7. The molecule has 0 unspecified atom stereocenters. The number of halogens is 2. The minimum absolute atomic E-state index is 0. The summed E-state index contributed by atoms with van der Waals surface area (Å²) >= 11 is 0. The summed E-state index contributed by atoms with van der Waals surface area (Å²) in [5, 5.41) is 31.5. The first-order valence-corrected chi connectivity index (χ1v) is 23.5. The molecule has 332 valence electrons. The number of nitrogens with zero attached hydrogens (tertiary/aromatic N) is 2. The van der Waals surface area contributed by atoms with Gasteiger partial charge in [-0.25, -0.2) is 0 Å². The van der Waals surface area contributed by atoms with Crippen molar-refractivity contribution in [1.82, 2.24) is 30.4 Å². The van der Waals surface area contributed by atoms with Crippen molar-refractivity contribution in [2.45, 2.75) is 121 Å². The Bertz CT molecular complexity index is 1990. The summed E-state index contributed by atoms with van der Waals surface area (Å²) in [7, 11) is 0. The molecule has 2 saturated carbocycles. The van der Waals surface area contributed by atoms with Gasteiger partial charge in [-0.05, 0) is 111 Å². The Balaban J connectivity index is 0.00000257. The molecule has 4 aromatic rings. The van der Waals surface area contributed by atoms with Crippen molar-refractivity contribution >= 4 is 58.4 Å². The number of nitrogens with one attached hydrogen (secondary N) is 4. The van der Waals surface area contributed by atoms with Crippen LogP contribution in [0.25, 0.3) is 21.8 Å². The Hall–Kier alpha value is -3.12. The summed E-state index contributed by atoms with van der Waals surface area (Å²) in [6.07, 6.45) is 13.8. The summed E-state index contributed by atoms with van der Waals surface area (Å²) in [5.74, 6) is 0.785. The highest BCUT2D eigenvalue weighted by Gasteiger charge is 2.50.